The van der Waals surface area contributed by atoms with E-state index in [-0.39, 0.29) is 11.7 Å². The Morgan fingerprint density at radius 2 is 1.45 bits per heavy atom. The number of ketones is 1. The monoisotopic (exact) mass is 387 g/mol. The van der Waals surface area contributed by atoms with Crippen LogP contribution in [0.25, 0.3) is 0 Å². The van der Waals surface area contributed by atoms with Gasteiger partial charge in [-0.2, -0.15) is 0 Å². The van der Waals surface area contributed by atoms with E-state index in [0.717, 1.165) is 11.1 Å². The first-order valence-electron chi connectivity index (χ1n) is 9.40. The molecule has 0 unspecified atom stereocenters. The lowest BCUT2D eigenvalue weighted by molar-refractivity contribution is -0.130. The van der Waals surface area contributed by atoms with Gasteiger partial charge < -0.3 is 14.8 Å². The van der Waals surface area contributed by atoms with Crippen molar-refractivity contribution in [3.05, 3.63) is 83.9 Å². The van der Waals surface area contributed by atoms with Gasteiger partial charge in [-0.1, -0.05) is 48.5 Å². The number of Topliss-reactive ketones (excluding diaryl/α,β-unsaturated/α-hetero) is 1. The smallest absolute Gasteiger partial charge is 0.236 e. The van der Waals surface area contributed by atoms with Gasteiger partial charge in [-0.3, -0.25) is 9.59 Å². The van der Waals surface area contributed by atoms with Crippen LogP contribution in [0.15, 0.2) is 72.8 Å². The molecule has 0 fully saturated rings. The number of amides is 1. The Morgan fingerprint density at radius 1 is 0.897 bits per heavy atom. The first kappa shape index (κ1) is 18.7. The van der Waals surface area contributed by atoms with E-state index in [1.54, 1.807) is 25.3 Å². The molecule has 1 atom stereocenters. The number of para-hydroxylation sites is 4. The molecule has 1 amide bonds. The lowest BCUT2D eigenvalue weighted by Gasteiger charge is -2.32. The molecule has 5 heteroatoms. The molecule has 0 saturated heterocycles. The summed E-state index contributed by atoms with van der Waals surface area (Å²) >= 11 is 0. The maximum absolute atomic E-state index is 13.3. The molecule has 0 spiro atoms. The first-order chi connectivity index (χ1) is 14.1. The molecule has 1 aliphatic heterocycles. The quantitative estimate of drug-likeness (QED) is 0.640. The molecule has 5 nitrogen and oxygen atoms in total. The molecular formula is C24H21NO4. The van der Waals surface area contributed by atoms with Crippen molar-refractivity contribution in [3.8, 4) is 17.2 Å². The van der Waals surface area contributed by atoms with Gasteiger partial charge in [-0.15, -0.1) is 0 Å². The second-order valence-corrected chi connectivity index (χ2v) is 6.93. The molecule has 0 bridgehead atoms. The van der Waals surface area contributed by atoms with Crippen molar-refractivity contribution in [3.63, 3.8) is 0 Å². The fraction of sp³-hybridized carbons (Fsp3) is 0.167. The van der Waals surface area contributed by atoms with Crippen molar-refractivity contribution in [2.75, 3.05) is 12.4 Å². The Kier molecular flexibility index (Phi) is 5.04. The minimum absolute atomic E-state index is 0.214. The second kappa shape index (κ2) is 7.80. The van der Waals surface area contributed by atoms with Crippen molar-refractivity contribution in [1.82, 2.24) is 0 Å². The zero-order chi connectivity index (χ0) is 20.4. The Hall–Kier alpha value is -3.60. The number of hydrogen-bond acceptors (Lipinski definition) is 4. The van der Waals surface area contributed by atoms with Crippen molar-refractivity contribution >= 4 is 17.4 Å². The van der Waals surface area contributed by atoms with E-state index in [9.17, 15) is 9.59 Å². The van der Waals surface area contributed by atoms with Crippen LogP contribution in [0.3, 0.4) is 0 Å². The molecule has 3 aromatic carbocycles. The predicted molar refractivity (Wildman–Crippen MR) is 111 cm³/mol. The van der Waals surface area contributed by atoms with Gasteiger partial charge in [-0.05, 0) is 31.2 Å². The third-order valence-corrected chi connectivity index (χ3v) is 5.15. The van der Waals surface area contributed by atoms with Gasteiger partial charge >= 0.3 is 0 Å². The molecule has 29 heavy (non-hydrogen) atoms. The fourth-order valence-corrected chi connectivity index (χ4v) is 3.84. The lowest BCUT2D eigenvalue weighted by Crippen LogP contribution is -2.35. The average molecular weight is 387 g/mol. The van der Waals surface area contributed by atoms with Gasteiger partial charge in [0.25, 0.3) is 0 Å². The van der Waals surface area contributed by atoms with Gasteiger partial charge in [0.2, 0.25) is 5.91 Å². The van der Waals surface area contributed by atoms with E-state index in [4.69, 9.17) is 9.47 Å². The lowest BCUT2D eigenvalue weighted by atomic mass is 9.76. The molecule has 4 rings (SSSR count). The Bertz CT molecular complexity index is 1030. The Morgan fingerprint density at radius 3 is 2.03 bits per heavy atom. The number of methoxy groups -OCH3 is 1. The van der Waals surface area contributed by atoms with Crippen molar-refractivity contribution in [1.29, 1.82) is 0 Å². The van der Waals surface area contributed by atoms with E-state index in [2.05, 4.69) is 5.32 Å². The molecule has 0 saturated carbocycles. The highest BCUT2D eigenvalue weighted by Crippen LogP contribution is 2.47. The number of nitrogens with one attached hydrogen (secondary N) is 1. The third kappa shape index (κ3) is 3.47. The van der Waals surface area contributed by atoms with Gasteiger partial charge in [0.05, 0.1) is 12.8 Å². The van der Waals surface area contributed by atoms with Gasteiger partial charge in [0.1, 0.15) is 28.9 Å². The summed E-state index contributed by atoms with van der Waals surface area (Å²) in [5, 5.41) is 2.88. The first-order valence-corrected chi connectivity index (χ1v) is 9.40. The maximum Gasteiger partial charge on any atom is 0.236 e. The summed E-state index contributed by atoms with van der Waals surface area (Å²) in [4.78, 5) is 26.0. The SMILES string of the molecule is COc1ccccc1NC(=O)[C@H](C(C)=O)C1c2ccccc2Oc2ccccc21. The molecule has 0 aromatic heterocycles. The van der Waals surface area contributed by atoms with Crippen molar-refractivity contribution in [2.24, 2.45) is 5.92 Å². The summed E-state index contributed by atoms with van der Waals surface area (Å²) in [5.41, 5.74) is 2.17. The predicted octanol–water partition coefficient (Wildman–Crippen LogP) is 4.78. The molecule has 0 radical (unpaired) electrons. The van der Waals surface area contributed by atoms with Crippen LogP contribution in [0.1, 0.15) is 24.0 Å². The molecule has 3 aromatic rings. The summed E-state index contributed by atoms with van der Waals surface area (Å²) < 4.78 is 11.3. The van der Waals surface area contributed by atoms with Gasteiger partial charge in [-0.25, -0.2) is 0 Å². The zero-order valence-electron chi connectivity index (χ0n) is 16.2. The number of rotatable bonds is 5. The summed E-state index contributed by atoms with van der Waals surface area (Å²) in [6.07, 6.45) is 0. The topological polar surface area (TPSA) is 64.6 Å². The van der Waals surface area contributed by atoms with Crippen LogP contribution >= 0.6 is 0 Å². The normalized spacial score (nSPS) is 13.4. The number of anilines is 1. The average Bonchev–Trinajstić information content (AvgIpc) is 2.73. The van der Waals surface area contributed by atoms with Crippen LogP contribution < -0.4 is 14.8 Å². The molecule has 0 aliphatic carbocycles. The minimum Gasteiger partial charge on any atom is -0.495 e. The number of carbonyl (C=O) groups is 2. The second-order valence-electron chi connectivity index (χ2n) is 6.93. The summed E-state index contributed by atoms with van der Waals surface area (Å²) in [6, 6.07) is 22.2. The Balaban J connectivity index is 1.78. The minimum atomic E-state index is -0.911. The van der Waals surface area contributed by atoms with Crippen LogP contribution in [-0.2, 0) is 9.59 Å². The van der Waals surface area contributed by atoms with E-state index >= 15 is 0 Å². The molecule has 1 aliphatic rings. The summed E-state index contributed by atoms with van der Waals surface area (Å²) in [7, 11) is 1.54. The van der Waals surface area contributed by atoms with Crippen LogP contribution in [0.5, 0.6) is 17.2 Å². The van der Waals surface area contributed by atoms with Gasteiger partial charge in [0.15, 0.2) is 0 Å². The summed E-state index contributed by atoms with van der Waals surface area (Å²) in [6.45, 7) is 1.45. The highest BCUT2D eigenvalue weighted by atomic mass is 16.5. The van der Waals surface area contributed by atoms with Gasteiger partial charge in [0, 0.05) is 17.0 Å². The maximum atomic E-state index is 13.3. The highest BCUT2D eigenvalue weighted by Gasteiger charge is 2.40. The highest BCUT2D eigenvalue weighted by molar-refractivity contribution is 6.08. The molecule has 1 N–H and O–H groups in total. The largest absolute Gasteiger partial charge is 0.495 e. The van der Waals surface area contributed by atoms with Crippen LogP contribution in [0, 0.1) is 5.92 Å². The standard InChI is InChI=1S/C24H21NO4/c1-15(26)22(24(27)25-18-11-5-8-14-21(18)28-2)23-16-9-3-6-12-19(16)29-20-13-7-4-10-17(20)23/h3-14,22-23H,1-2H3,(H,25,27)/t22-/m1/s1. The van der Waals surface area contributed by atoms with Crippen LogP contribution in [-0.4, -0.2) is 18.8 Å². The van der Waals surface area contributed by atoms with E-state index in [1.165, 1.54) is 6.92 Å². The number of benzene rings is 3. The zero-order valence-corrected chi connectivity index (χ0v) is 16.2. The third-order valence-electron chi connectivity index (χ3n) is 5.15. The molecule has 1 heterocycles. The van der Waals surface area contributed by atoms with E-state index < -0.39 is 11.8 Å². The van der Waals surface area contributed by atoms with Crippen molar-refractivity contribution < 1.29 is 19.1 Å². The number of fused-ring (bicyclic) bond motifs is 2. The number of ether oxygens (including phenoxy) is 2. The number of hydrogen-bond donors (Lipinski definition) is 1. The Labute approximate surface area is 169 Å². The molecular weight excluding hydrogens is 366 g/mol. The fourth-order valence-electron chi connectivity index (χ4n) is 3.84. The summed E-state index contributed by atoms with van der Waals surface area (Å²) in [5.74, 6) is -0.0853. The number of carbonyl (C=O) groups excluding carboxylic acids is 2. The van der Waals surface area contributed by atoms with E-state index in [1.807, 2.05) is 54.6 Å². The molecule has 146 valence electrons. The van der Waals surface area contributed by atoms with Crippen LogP contribution in [0.4, 0.5) is 5.69 Å². The van der Waals surface area contributed by atoms with E-state index in [0.29, 0.717) is 22.9 Å². The van der Waals surface area contributed by atoms with Crippen LogP contribution in [0.2, 0.25) is 0 Å². The van der Waals surface area contributed by atoms with Crippen molar-refractivity contribution in [2.45, 2.75) is 12.8 Å².